The molecule has 0 aromatic heterocycles. The second-order valence-corrected chi connectivity index (χ2v) is 9.37. The number of carbonyl (C=O) groups excluding carboxylic acids is 2. The highest BCUT2D eigenvalue weighted by molar-refractivity contribution is 7.89. The molecule has 1 aromatic rings. The van der Waals surface area contributed by atoms with Gasteiger partial charge in [0, 0.05) is 44.8 Å². The lowest BCUT2D eigenvalue weighted by molar-refractivity contribution is -0.123. The number of amides is 2. The maximum absolute atomic E-state index is 12.8. The van der Waals surface area contributed by atoms with Gasteiger partial charge in [0.1, 0.15) is 0 Å². The Kier molecular flexibility index (Phi) is 8.45. The summed E-state index contributed by atoms with van der Waals surface area (Å²) in [6.45, 7) is 3.48. The Morgan fingerprint density at radius 1 is 1.03 bits per heavy atom. The molecule has 0 atom stereocenters. The number of nitrogens with one attached hydrogen (secondary N) is 2. The topological polar surface area (TPSA) is 98.8 Å². The van der Waals surface area contributed by atoms with Gasteiger partial charge in [0.25, 0.3) is 0 Å². The number of sulfonamides is 1. The van der Waals surface area contributed by atoms with Crippen LogP contribution in [0.4, 0.5) is 5.69 Å². The Hall–Kier alpha value is -1.68. The van der Waals surface area contributed by atoms with Crippen molar-refractivity contribution in [3.8, 4) is 0 Å². The van der Waals surface area contributed by atoms with E-state index >= 15 is 0 Å². The fourth-order valence-electron chi connectivity index (χ4n) is 3.74. The molecule has 0 radical (unpaired) electrons. The molecule has 1 aliphatic heterocycles. The number of nitrogens with zero attached hydrogens (tertiary/aromatic N) is 2. The molecular weight excluding hydrogens is 416 g/mol. The molecule has 2 N–H and O–H groups in total. The van der Waals surface area contributed by atoms with E-state index in [0.29, 0.717) is 44.5 Å². The second-order valence-electron chi connectivity index (χ2n) is 7.43. The number of hydrogen-bond acceptors (Lipinski definition) is 5. The summed E-state index contributed by atoms with van der Waals surface area (Å²) in [7, 11) is -3.58. The van der Waals surface area contributed by atoms with E-state index in [0.717, 1.165) is 12.8 Å². The molecule has 1 saturated carbocycles. The first-order valence-electron chi connectivity index (χ1n) is 9.74. The highest BCUT2D eigenvalue weighted by atomic mass is 35.5. The number of carbonyl (C=O) groups is 2. The summed E-state index contributed by atoms with van der Waals surface area (Å²) in [5, 5.41) is 5.69. The summed E-state index contributed by atoms with van der Waals surface area (Å²) in [6, 6.07) is 6.47. The van der Waals surface area contributed by atoms with E-state index in [1.165, 1.54) is 36.2 Å². The number of benzene rings is 1. The fraction of sp³-hybridized carbons (Fsp3) is 0.579. The quantitative estimate of drug-likeness (QED) is 0.530. The standard InChI is InChI=1S/C19H28N4O4S.ClH/c1-15(24)20-17-6-8-18(9-7-17)28(26,27)23-12-10-22(11-13-23)14-19(25)21-16-4-2-3-5-16;/h6-9,16H,2-5,10-14H2,1H3,(H,20,24)(H,21,25);1H/p-1. The van der Waals surface area contributed by atoms with Gasteiger partial charge in [-0.2, -0.15) is 4.31 Å². The van der Waals surface area contributed by atoms with Crippen molar-refractivity contribution in [2.75, 3.05) is 38.0 Å². The van der Waals surface area contributed by atoms with Gasteiger partial charge in [-0.3, -0.25) is 14.5 Å². The van der Waals surface area contributed by atoms with Gasteiger partial charge in [-0.15, -0.1) is 0 Å². The van der Waals surface area contributed by atoms with E-state index in [2.05, 4.69) is 10.6 Å². The van der Waals surface area contributed by atoms with Gasteiger partial charge in [0.15, 0.2) is 0 Å². The smallest absolute Gasteiger partial charge is 0.243 e. The third-order valence-electron chi connectivity index (χ3n) is 5.23. The number of hydrogen-bond donors (Lipinski definition) is 2. The Balaban J connectivity index is 0.00000300. The predicted octanol–water partition coefficient (Wildman–Crippen LogP) is -1.99. The molecule has 10 heteroatoms. The number of rotatable bonds is 6. The van der Waals surface area contributed by atoms with Crippen molar-refractivity contribution < 1.29 is 30.4 Å². The molecule has 2 fully saturated rings. The Morgan fingerprint density at radius 3 is 2.17 bits per heavy atom. The van der Waals surface area contributed by atoms with Crippen molar-refractivity contribution in [2.24, 2.45) is 0 Å². The van der Waals surface area contributed by atoms with Gasteiger partial charge in [-0.05, 0) is 37.1 Å². The Bertz CT molecular complexity index is 802. The summed E-state index contributed by atoms with van der Waals surface area (Å²) >= 11 is 0. The van der Waals surface area contributed by atoms with Crippen LogP contribution in [0.15, 0.2) is 29.2 Å². The summed E-state index contributed by atoms with van der Waals surface area (Å²) < 4.78 is 27.1. The number of halogens is 1. The molecule has 29 heavy (non-hydrogen) atoms. The monoisotopic (exact) mass is 443 g/mol. The van der Waals surface area contributed by atoms with Crippen LogP contribution in [-0.4, -0.2) is 68.2 Å². The van der Waals surface area contributed by atoms with Crippen LogP contribution in [0.2, 0.25) is 0 Å². The van der Waals surface area contributed by atoms with E-state index in [1.54, 1.807) is 12.1 Å². The van der Waals surface area contributed by atoms with E-state index in [9.17, 15) is 18.0 Å². The molecule has 0 spiro atoms. The zero-order valence-electron chi connectivity index (χ0n) is 16.6. The average Bonchev–Trinajstić information content (AvgIpc) is 3.15. The third kappa shape index (κ3) is 6.40. The van der Waals surface area contributed by atoms with Crippen LogP contribution in [0.3, 0.4) is 0 Å². The van der Waals surface area contributed by atoms with Gasteiger partial charge < -0.3 is 23.0 Å². The summed E-state index contributed by atoms with van der Waals surface area (Å²) in [4.78, 5) is 25.4. The minimum atomic E-state index is -3.58. The molecule has 8 nitrogen and oxygen atoms in total. The molecule has 2 amide bonds. The molecule has 1 saturated heterocycles. The highest BCUT2D eigenvalue weighted by Gasteiger charge is 2.29. The first-order valence-corrected chi connectivity index (χ1v) is 11.2. The summed E-state index contributed by atoms with van der Waals surface area (Å²) in [6.07, 6.45) is 4.46. The van der Waals surface area contributed by atoms with Gasteiger partial charge in [-0.1, -0.05) is 12.8 Å². The van der Waals surface area contributed by atoms with E-state index in [1.807, 2.05) is 4.90 Å². The molecule has 1 heterocycles. The third-order valence-corrected chi connectivity index (χ3v) is 7.14. The number of anilines is 1. The fourth-order valence-corrected chi connectivity index (χ4v) is 5.16. The minimum Gasteiger partial charge on any atom is -1.00 e. The first kappa shape index (κ1) is 23.6. The van der Waals surface area contributed by atoms with Crippen LogP contribution in [0.1, 0.15) is 32.6 Å². The maximum atomic E-state index is 12.8. The van der Waals surface area contributed by atoms with Crippen molar-refractivity contribution in [2.45, 2.75) is 43.5 Å². The molecule has 2 aliphatic rings. The SMILES string of the molecule is CC(=O)Nc1ccc(S(=O)(=O)N2CCN(CC(=O)NC3CCCC3)CC2)cc1.[Cl-]. The molecular formula is C19H28ClN4O4S-. The number of piperazine rings is 1. The minimum absolute atomic E-state index is 0. The van der Waals surface area contributed by atoms with Crippen molar-refractivity contribution in [1.82, 2.24) is 14.5 Å². The van der Waals surface area contributed by atoms with Gasteiger partial charge in [0.2, 0.25) is 21.8 Å². The van der Waals surface area contributed by atoms with Crippen LogP contribution in [0.5, 0.6) is 0 Å². The highest BCUT2D eigenvalue weighted by Crippen LogP contribution is 2.20. The van der Waals surface area contributed by atoms with E-state index in [-0.39, 0.29) is 29.1 Å². The van der Waals surface area contributed by atoms with Crippen molar-refractivity contribution in [1.29, 1.82) is 0 Å². The van der Waals surface area contributed by atoms with Gasteiger partial charge in [-0.25, -0.2) is 8.42 Å². The predicted molar refractivity (Wildman–Crippen MR) is 106 cm³/mol. The average molecular weight is 444 g/mol. The summed E-state index contributed by atoms with van der Waals surface area (Å²) in [5.41, 5.74) is 0.560. The zero-order valence-corrected chi connectivity index (χ0v) is 18.1. The van der Waals surface area contributed by atoms with Crippen molar-refractivity contribution >= 4 is 27.5 Å². The maximum Gasteiger partial charge on any atom is 0.243 e. The molecule has 1 aliphatic carbocycles. The molecule has 162 valence electrons. The van der Waals surface area contributed by atoms with Crippen LogP contribution in [0.25, 0.3) is 0 Å². The van der Waals surface area contributed by atoms with E-state index < -0.39 is 10.0 Å². The second kappa shape index (κ2) is 10.4. The van der Waals surface area contributed by atoms with Crippen molar-refractivity contribution in [3.63, 3.8) is 0 Å². The normalized spacial score (nSPS) is 18.8. The largest absolute Gasteiger partial charge is 1.00 e. The molecule has 0 bridgehead atoms. The zero-order chi connectivity index (χ0) is 20.1. The van der Waals surface area contributed by atoms with E-state index in [4.69, 9.17) is 0 Å². The van der Waals surface area contributed by atoms with Gasteiger partial charge in [0.05, 0.1) is 11.4 Å². The summed E-state index contributed by atoms with van der Waals surface area (Å²) in [5.74, 6) is -0.180. The van der Waals surface area contributed by atoms with Gasteiger partial charge >= 0.3 is 0 Å². The lowest BCUT2D eigenvalue weighted by Gasteiger charge is -2.33. The van der Waals surface area contributed by atoms with Crippen LogP contribution < -0.4 is 23.0 Å². The van der Waals surface area contributed by atoms with Crippen molar-refractivity contribution in [3.05, 3.63) is 24.3 Å². The Morgan fingerprint density at radius 2 is 1.62 bits per heavy atom. The van der Waals surface area contributed by atoms with Crippen LogP contribution in [0, 0.1) is 0 Å². The first-order chi connectivity index (χ1) is 13.3. The molecule has 3 rings (SSSR count). The lowest BCUT2D eigenvalue weighted by atomic mass is 10.2. The van der Waals surface area contributed by atoms with Crippen LogP contribution in [-0.2, 0) is 19.6 Å². The molecule has 1 aromatic carbocycles. The van der Waals surface area contributed by atoms with Crippen LogP contribution >= 0.6 is 0 Å². The lowest BCUT2D eigenvalue weighted by Crippen LogP contribution is -3.00. The molecule has 0 unspecified atom stereocenters. The Labute approximate surface area is 178 Å².